The molecule has 7 heteroatoms. The molecule has 27 heavy (non-hydrogen) atoms. The van der Waals surface area contributed by atoms with Crippen LogP contribution in [0.1, 0.15) is 17.3 Å². The zero-order chi connectivity index (χ0) is 20.0. The number of esters is 1. The molecule has 2 aromatic carbocycles. The highest BCUT2D eigenvalue weighted by Crippen LogP contribution is 2.38. The number of anilines is 1. The zero-order valence-corrected chi connectivity index (χ0v) is 16.0. The first-order valence-electron chi connectivity index (χ1n) is 8.26. The summed E-state index contributed by atoms with van der Waals surface area (Å²) in [6, 6.07) is 12.0. The molecule has 0 aliphatic rings. The Kier molecular flexibility index (Phi) is 6.65. The Morgan fingerprint density at radius 1 is 0.926 bits per heavy atom. The molecule has 0 radical (unpaired) electrons. The van der Waals surface area contributed by atoms with Gasteiger partial charge in [-0.25, -0.2) is 4.79 Å². The van der Waals surface area contributed by atoms with Crippen molar-refractivity contribution in [2.75, 3.05) is 33.3 Å². The number of hydrogen-bond donors (Lipinski definition) is 0. The number of methoxy groups -OCH3 is 3. The lowest BCUT2D eigenvalue weighted by Gasteiger charge is -2.22. The number of ether oxygens (including phenoxy) is 4. The molecule has 0 aliphatic heterocycles. The van der Waals surface area contributed by atoms with Crippen LogP contribution in [0.5, 0.6) is 17.2 Å². The van der Waals surface area contributed by atoms with E-state index in [0.29, 0.717) is 22.9 Å². The number of para-hydroxylation sites is 1. The molecular weight excluding hydrogens is 350 g/mol. The van der Waals surface area contributed by atoms with E-state index < -0.39 is 12.1 Å². The Morgan fingerprint density at radius 2 is 1.48 bits per heavy atom. The second-order valence-corrected chi connectivity index (χ2v) is 5.69. The molecule has 7 nitrogen and oxygen atoms in total. The second-order valence-electron chi connectivity index (χ2n) is 5.69. The first-order chi connectivity index (χ1) is 12.9. The molecule has 1 amide bonds. The van der Waals surface area contributed by atoms with Gasteiger partial charge in [-0.15, -0.1) is 0 Å². The predicted octanol–water partition coefficient (Wildman–Crippen LogP) is 2.92. The van der Waals surface area contributed by atoms with Crippen molar-refractivity contribution in [1.82, 2.24) is 0 Å². The fourth-order valence-electron chi connectivity index (χ4n) is 2.53. The smallest absolute Gasteiger partial charge is 0.339 e. The highest BCUT2D eigenvalue weighted by Gasteiger charge is 2.25. The number of hydrogen-bond acceptors (Lipinski definition) is 6. The number of benzene rings is 2. The first kappa shape index (κ1) is 20.1. The van der Waals surface area contributed by atoms with Gasteiger partial charge in [-0.05, 0) is 31.2 Å². The highest BCUT2D eigenvalue weighted by molar-refractivity contribution is 5.99. The SMILES string of the molecule is COc1cc(C(=O)O[C@@H](C)C(=O)N(C)c2ccccc2)cc(OC)c1OC. The van der Waals surface area contributed by atoms with E-state index in [2.05, 4.69) is 0 Å². The van der Waals surface area contributed by atoms with Crippen LogP contribution in [0.4, 0.5) is 5.69 Å². The lowest BCUT2D eigenvalue weighted by Crippen LogP contribution is -2.37. The molecule has 0 heterocycles. The normalized spacial score (nSPS) is 11.3. The summed E-state index contributed by atoms with van der Waals surface area (Å²) in [5.74, 6) is -0.00333. The van der Waals surface area contributed by atoms with Crippen molar-refractivity contribution >= 4 is 17.6 Å². The largest absolute Gasteiger partial charge is 0.493 e. The number of amides is 1. The standard InChI is InChI=1S/C20H23NO6/c1-13(19(22)21(2)15-9-7-6-8-10-15)27-20(23)14-11-16(24-3)18(26-5)17(12-14)25-4/h6-13H,1-5H3/t13-/m0/s1. The Balaban J connectivity index is 2.17. The van der Waals surface area contributed by atoms with Crippen LogP contribution in [0.15, 0.2) is 42.5 Å². The van der Waals surface area contributed by atoms with E-state index in [4.69, 9.17) is 18.9 Å². The van der Waals surface area contributed by atoms with Gasteiger partial charge in [0.25, 0.3) is 5.91 Å². The summed E-state index contributed by atoms with van der Waals surface area (Å²) in [5, 5.41) is 0. The summed E-state index contributed by atoms with van der Waals surface area (Å²) >= 11 is 0. The van der Waals surface area contributed by atoms with Gasteiger partial charge in [-0.2, -0.15) is 0 Å². The maximum Gasteiger partial charge on any atom is 0.339 e. The number of carbonyl (C=O) groups excluding carboxylic acids is 2. The molecule has 0 bridgehead atoms. The van der Waals surface area contributed by atoms with Crippen LogP contribution in [0.2, 0.25) is 0 Å². The van der Waals surface area contributed by atoms with Crippen LogP contribution in [0.25, 0.3) is 0 Å². The van der Waals surface area contributed by atoms with Crippen molar-refractivity contribution in [1.29, 1.82) is 0 Å². The molecular formula is C20H23NO6. The van der Waals surface area contributed by atoms with E-state index in [1.54, 1.807) is 19.2 Å². The first-order valence-corrected chi connectivity index (χ1v) is 8.26. The van der Waals surface area contributed by atoms with Crippen molar-refractivity contribution in [3.05, 3.63) is 48.0 Å². The summed E-state index contributed by atoms with van der Waals surface area (Å²) in [7, 11) is 6.00. The average Bonchev–Trinajstić information content (AvgIpc) is 2.71. The minimum absolute atomic E-state index is 0.187. The van der Waals surface area contributed by atoms with Crippen LogP contribution in [0.3, 0.4) is 0 Å². The predicted molar refractivity (Wildman–Crippen MR) is 101 cm³/mol. The van der Waals surface area contributed by atoms with Gasteiger partial charge in [-0.3, -0.25) is 4.79 Å². The fourth-order valence-corrected chi connectivity index (χ4v) is 2.53. The maximum absolute atomic E-state index is 12.5. The van der Waals surface area contributed by atoms with Gasteiger partial charge in [0.15, 0.2) is 17.6 Å². The van der Waals surface area contributed by atoms with Crippen LogP contribution < -0.4 is 19.1 Å². The Labute approximate surface area is 158 Å². The number of nitrogens with zero attached hydrogens (tertiary/aromatic N) is 1. The van der Waals surface area contributed by atoms with E-state index >= 15 is 0 Å². The van der Waals surface area contributed by atoms with Gasteiger partial charge in [0.2, 0.25) is 5.75 Å². The third-order valence-corrected chi connectivity index (χ3v) is 4.01. The van der Waals surface area contributed by atoms with E-state index in [1.807, 2.05) is 18.2 Å². The molecule has 0 N–H and O–H groups in total. The molecule has 2 rings (SSSR count). The fraction of sp³-hybridized carbons (Fsp3) is 0.300. The van der Waals surface area contributed by atoms with Crippen molar-refractivity contribution in [2.24, 2.45) is 0 Å². The van der Waals surface area contributed by atoms with Gasteiger partial charge in [0, 0.05) is 12.7 Å². The second kappa shape index (κ2) is 8.93. The molecule has 0 spiro atoms. The topological polar surface area (TPSA) is 74.3 Å². The summed E-state index contributed by atoms with van der Waals surface area (Å²) in [5.41, 5.74) is 0.893. The number of carbonyl (C=O) groups is 2. The van der Waals surface area contributed by atoms with Crippen LogP contribution in [-0.4, -0.2) is 46.4 Å². The van der Waals surface area contributed by atoms with Gasteiger partial charge in [-0.1, -0.05) is 18.2 Å². The summed E-state index contributed by atoms with van der Waals surface area (Å²) < 4.78 is 21.0. The lowest BCUT2D eigenvalue weighted by atomic mass is 10.1. The molecule has 0 unspecified atom stereocenters. The summed E-state index contributed by atoms with van der Waals surface area (Å²) in [6.07, 6.45) is -0.971. The third-order valence-electron chi connectivity index (χ3n) is 4.01. The molecule has 0 saturated carbocycles. The third kappa shape index (κ3) is 4.49. The molecule has 2 aromatic rings. The van der Waals surface area contributed by atoms with E-state index in [9.17, 15) is 9.59 Å². The van der Waals surface area contributed by atoms with Gasteiger partial charge in [0.05, 0.1) is 26.9 Å². The van der Waals surface area contributed by atoms with Crippen molar-refractivity contribution < 1.29 is 28.5 Å². The molecule has 0 fully saturated rings. The van der Waals surface area contributed by atoms with Crippen LogP contribution >= 0.6 is 0 Å². The summed E-state index contributed by atoms with van der Waals surface area (Å²) in [6.45, 7) is 1.53. The van der Waals surface area contributed by atoms with Gasteiger partial charge in [0.1, 0.15) is 0 Å². The average molecular weight is 373 g/mol. The molecule has 144 valence electrons. The van der Waals surface area contributed by atoms with Crippen LogP contribution in [0, 0.1) is 0 Å². The monoisotopic (exact) mass is 373 g/mol. The number of rotatable bonds is 7. The van der Waals surface area contributed by atoms with Crippen molar-refractivity contribution in [2.45, 2.75) is 13.0 Å². The Bertz CT molecular complexity index is 780. The minimum atomic E-state index is -0.971. The Hall–Kier alpha value is -3.22. The van der Waals surface area contributed by atoms with Crippen molar-refractivity contribution in [3.8, 4) is 17.2 Å². The zero-order valence-electron chi connectivity index (χ0n) is 16.0. The highest BCUT2D eigenvalue weighted by atomic mass is 16.6. The van der Waals surface area contributed by atoms with E-state index in [0.717, 1.165) is 0 Å². The van der Waals surface area contributed by atoms with Gasteiger partial charge >= 0.3 is 5.97 Å². The molecule has 0 aliphatic carbocycles. The van der Waals surface area contributed by atoms with Crippen LogP contribution in [-0.2, 0) is 9.53 Å². The van der Waals surface area contributed by atoms with E-state index in [-0.39, 0.29) is 11.5 Å². The lowest BCUT2D eigenvalue weighted by molar-refractivity contribution is -0.126. The molecule has 0 aromatic heterocycles. The Morgan fingerprint density at radius 3 is 1.96 bits per heavy atom. The quantitative estimate of drug-likeness (QED) is 0.695. The van der Waals surface area contributed by atoms with Crippen molar-refractivity contribution in [3.63, 3.8) is 0 Å². The number of likely N-dealkylation sites (N-methyl/N-ethyl adjacent to an activating group) is 1. The molecule has 1 atom stereocenters. The summed E-state index contributed by atoms with van der Waals surface area (Å²) in [4.78, 5) is 26.5. The van der Waals surface area contributed by atoms with Gasteiger partial charge < -0.3 is 23.8 Å². The minimum Gasteiger partial charge on any atom is -0.493 e. The maximum atomic E-state index is 12.5. The molecule has 0 saturated heterocycles. The van der Waals surface area contributed by atoms with E-state index in [1.165, 1.54) is 45.3 Å².